The summed E-state index contributed by atoms with van der Waals surface area (Å²) < 4.78 is 16.7. The molecule has 114 valence electrons. The smallest absolute Gasteiger partial charge is 0.312 e. The normalized spacial score (nSPS) is 26.1. The molecule has 1 fully saturated rings. The van der Waals surface area contributed by atoms with E-state index >= 15 is 0 Å². The highest BCUT2D eigenvalue weighted by molar-refractivity contribution is 6.50. The Bertz CT molecular complexity index is 541. The lowest BCUT2D eigenvalue weighted by atomic mass is 9.88. The van der Waals surface area contributed by atoms with Gasteiger partial charge in [-0.3, -0.25) is 0 Å². The van der Waals surface area contributed by atoms with Crippen molar-refractivity contribution in [2.24, 2.45) is 17.8 Å². The second-order valence-electron chi connectivity index (χ2n) is 6.07. The Labute approximate surface area is 128 Å². The largest absolute Gasteiger partial charge is 0.548 e. The zero-order chi connectivity index (χ0) is 14.8. The van der Waals surface area contributed by atoms with Crippen molar-refractivity contribution in [3.05, 3.63) is 29.5 Å². The van der Waals surface area contributed by atoms with Gasteiger partial charge in [0.1, 0.15) is 0 Å². The Kier molecular flexibility index (Phi) is 4.34. The topological polar surface area (TPSA) is 27.7 Å². The minimum atomic E-state index is -1.19. The number of hydrogen-bond acceptors (Lipinski definition) is 3. The summed E-state index contributed by atoms with van der Waals surface area (Å²) in [6, 6.07) is 2.18. The van der Waals surface area contributed by atoms with Crippen molar-refractivity contribution in [2.75, 3.05) is 21.3 Å². The van der Waals surface area contributed by atoms with Crippen molar-refractivity contribution >= 4 is 8.64 Å². The molecule has 3 nitrogen and oxygen atoms in total. The standard InChI is InChI=1S/C17H24O3Si/c1-18-16-13(8-9-21(20-3)17(16)19-2)6-7-15-11-12-4-5-14(15)10-12/h4-5,8-9,12,14-15H,6-7,10-11H2,1-3H3. The molecule has 21 heavy (non-hydrogen) atoms. The van der Waals surface area contributed by atoms with Crippen LogP contribution in [0.3, 0.4) is 0 Å². The van der Waals surface area contributed by atoms with Crippen LogP contribution < -0.4 is 13.9 Å². The maximum atomic E-state index is 5.61. The van der Waals surface area contributed by atoms with Crippen molar-refractivity contribution < 1.29 is 13.9 Å². The highest BCUT2D eigenvalue weighted by Crippen LogP contribution is 2.45. The van der Waals surface area contributed by atoms with Gasteiger partial charge in [-0.15, -0.1) is 0 Å². The molecule has 0 aromatic carbocycles. The minimum absolute atomic E-state index is 0.818. The monoisotopic (exact) mass is 304 g/mol. The number of fused-ring (bicyclic) bond motifs is 2. The molecule has 2 aliphatic rings. The lowest BCUT2D eigenvalue weighted by Crippen LogP contribution is -2.14. The number of rotatable bonds is 6. The highest BCUT2D eigenvalue weighted by atomic mass is 28.3. The number of aryl methyl sites for hydroxylation is 1. The van der Waals surface area contributed by atoms with E-state index in [1.807, 2.05) is 0 Å². The van der Waals surface area contributed by atoms with Crippen molar-refractivity contribution in [3.8, 4) is 11.1 Å². The minimum Gasteiger partial charge on any atom is -0.548 e. The van der Waals surface area contributed by atoms with Gasteiger partial charge in [-0.25, -0.2) is 0 Å². The Morgan fingerprint density at radius 3 is 2.57 bits per heavy atom. The lowest BCUT2D eigenvalue weighted by molar-refractivity contribution is 0.348. The molecule has 3 rings (SSSR count). The SMILES string of the molecule is COc1c(CCC2CC3C=CC2C3)cc[si](OC)c1OC. The van der Waals surface area contributed by atoms with Crippen molar-refractivity contribution in [2.45, 2.75) is 25.7 Å². The van der Waals surface area contributed by atoms with E-state index in [1.54, 1.807) is 21.3 Å². The predicted octanol–water partition coefficient (Wildman–Crippen LogP) is 2.93. The van der Waals surface area contributed by atoms with Crippen LogP contribution in [-0.4, -0.2) is 30.0 Å². The van der Waals surface area contributed by atoms with Gasteiger partial charge in [0.15, 0.2) is 11.1 Å². The van der Waals surface area contributed by atoms with Gasteiger partial charge in [0.2, 0.25) is 0 Å². The van der Waals surface area contributed by atoms with Gasteiger partial charge in [0, 0.05) is 0 Å². The highest BCUT2D eigenvalue weighted by Gasteiger charge is 2.35. The zero-order valence-electron chi connectivity index (χ0n) is 13.1. The molecule has 1 aromatic rings. The van der Waals surface area contributed by atoms with Crippen LogP contribution >= 0.6 is 0 Å². The molecule has 0 saturated heterocycles. The zero-order valence-corrected chi connectivity index (χ0v) is 14.1. The molecular formula is C17H24O3Si. The fraction of sp³-hybridized carbons (Fsp3) is 0.588. The summed E-state index contributed by atoms with van der Waals surface area (Å²) in [5, 5.41) is 0.885. The molecule has 0 radical (unpaired) electrons. The first-order valence-electron chi connectivity index (χ1n) is 7.73. The van der Waals surface area contributed by atoms with E-state index in [9.17, 15) is 0 Å². The van der Waals surface area contributed by atoms with Gasteiger partial charge < -0.3 is 13.9 Å². The van der Waals surface area contributed by atoms with Crippen molar-refractivity contribution in [1.82, 2.24) is 0 Å². The molecule has 4 heteroatoms. The molecule has 0 aliphatic heterocycles. The second kappa shape index (κ2) is 6.22. The fourth-order valence-corrected chi connectivity index (χ4v) is 5.44. The summed E-state index contributed by atoms with van der Waals surface area (Å²) in [5.41, 5.74) is 3.41. The molecule has 2 aliphatic carbocycles. The molecule has 1 saturated carbocycles. The van der Waals surface area contributed by atoms with Crippen LogP contribution in [0.1, 0.15) is 24.8 Å². The predicted molar refractivity (Wildman–Crippen MR) is 85.2 cm³/mol. The molecule has 0 amide bonds. The number of ether oxygens (including phenoxy) is 2. The molecule has 2 bridgehead atoms. The van der Waals surface area contributed by atoms with Crippen LogP contribution in [0.5, 0.6) is 11.1 Å². The van der Waals surface area contributed by atoms with E-state index in [2.05, 4.69) is 23.9 Å². The van der Waals surface area contributed by atoms with Gasteiger partial charge in [-0.2, -0.15) is 0 Å². The van der Waals surface area contributed by atoms with Gasteiger partial charge in [-0.1, -0.05) is 18.2 Å². The van der Waals surface area contributed by atoms with Crippen LogP contribution in [0.25, 0.3) is 0 Å². The van der Waals surface area contributed by atoms with E-state index in [0.717, 1.165) is 35.3 Å². The average molecular weight is 304 g/mol. The molecule has 0 N–H and O–H groups in total. The molecular weight excluding hydrogens is 280 g/mol. The van der Waals surface area contributed by atoms with E-state index in [-0.39, 0.29) is 0 Å². The van der Waals surface area contributed by atoms with Crippen LogP contribution in [0.4, 0.5) is 0 Å². The first-order chi connectivity index (χ1) is 10.3. The van der Waals surface area contributed by atoms with E-state index in [4.69, 9.17) is 13.9 Å². The van der Waals surface area contributed by atoms with Crippen molar-refractivity contribution in [3.63, 3.8) is 0 Å². The van der Waals surface area contributed by atoms with E-state index in [1.165, 1.54) is 24.8 Å². The quantitative estimate of drug-likeness (QED) is 0.597. The first-order valence-corrected chi connectivity index (χ1v) is 9.21. The molecule has 3 atom stereocenters. The summed E-state index contributed by atoms with van der Waals surface area (Å²) >= 11 is 0. The molecule has 1 aromatic heterocycles. The molecule has 1 heterocycles. The first kappa shape index (κ1) is 14.6. The van der Waals surface area contributed by atoms with Crippen molar-refractivity contribution in [1.29, 1.82) is 0 Å². The van der Waals surface area contributed by atoms with Crippen LogP contribution in [-0.2, 0) is 6.42 Å². The number of allylic oxidation sites excluding steroid dienone is 2. The van der Waals surface area contributed by atoms with Gasteiger partial charge in [0.05, 0.1) is 21.3 Å². The fourth-order valence-electron chi connectivity index (χ4n) is 3.93. The number of hydrogen-bond donors (Lipinski definition) is 0. The van der Waals surface area contributed by atoms with Crippen LogP contribution in [0, 0.1) is 17.8 Å². The maximum Gasteiger partial charge on any atom is 0.312 e. The van der Waals surface area contributed by atoms with Gasteiger partial charge in [-0.05, 0) is 54.7 Å². The summed E-state index contributed by atoms with van der Waals surface area (Å²) in [6.07, 6.45) is 9.89. The third-order valence-corrected chi connectivity index (χ3v) is 6.77. The lowest BCUT2D eigenvalue weighted by Gasteiger charge is -2.20. The Morgan fingerprint density at radius 2 is 2.00 bits per heavy atom. The van der Waals surface area contributed by atoms with Crippen LogP contribution in [0.15, 0.2) is 23.9 Å². The Hall–Kier alpha value is -1.29. The van der Waals surface area contributed by atoms with E-state index < -0.39 is 8.64 Å². The molecule has 3 unspecified atom stereocenters. The third-order valence-electron chi connectivity index (χ3n) is 4.99. The molecule has 0 spiro atoms. The number of methoxy groups -OCH3 is 2. The maximum absolute atomic E-state index is 5.61. The summed E-state index contributed by atoms with van der Waals surface area (Å²) in [4.78, 5) is 0. The van der Waals surface area contributed by atoms with Crippen LogP contribution in [0.2, 0.25) is 0 Å². The average Bonchev–Trinajstić information content (AvgIpc) is 3.14. The second-order valence-corrected chi connectivity index (χ2v) is 8.00. The summed E-state index contributed by atoms with van der Waals surface area (Å²) in [5.74, 6) is 3.41. The summed E-state index contributed by atoms with van der Waals surface area (Å²) in [7, 11) is 3.97. The van der Waals surface area contributed by atoms with Gasteiger partial charge >= 0.3 is 8.64 Å². The van der Waals surface area contributed by atoms with Gasteiger partial charge in [0.25, 0.3) is 0 Å². The third kappa shape index (κ3) is 2.73. The Morgan fingerprint density at radius 1 is 1.14 bits per heavy atom. The van der Waals surface area contributed by atoms with E-state index in [0.29, 0.717) is 0 Å². The Balaban J connectivity index is 1.74. The summed E-state index contributed by atoms with van der Waals surface area (Å²) in [6.45, 7) is 0.